The molecule has 4 aromatic carbocycles. The summed E-state index contributed by atoms with van der Waals surface area (Å²) in [6.45, 7) is 7.06. The van der Waals surface area contributed by atoms with Crippen molar-refractivity contribution in [3.05, 3.63) is 152 Å². The Hall–Kier alpha value is -6.79. The fourth-order valence-electron chi connectivity index (χ4n) is 10.2. The number of methoxy groups -OCH3 is 1. The van der Waals surface area contributed by atoms with Crippen molar-refractivity contribution < 1.29 is 33.1 Å². The number of hydrogen-bond acceptors (Lipinski definition) is 9. The molecule has 0 bridgehead atoms. The molecule has 0 radical (unpaired) electrons. The predicted octanol–water partition coefficient (Wildman–Crippen LogP) is 7.49. The van der Waals surface area contributed by atoms with Crippen LogP contribution in [0.25, 0.3) is 0 Å². The van der Waals surface area contributed by atoms with Gasteiger partial charge < -0.3 is 30.9 Å². The number of amides is 5. The largest absolute Gasteiger partial charge is 0.495 e. The average Bonchev–Trinajstić information content (AvgIpc) is 3.96. The molecular weight excluding hydrogens is 909 g/mol. The van der Waals surface area contributed by atoms with Gasteiger partial charge in [0.1, 0.15) is 17.6 Å². The van der Waals surface area contributed by atoms with Crippen LogP contribution in [0.5, 0.6) is 5.75 Å². The number of carbonyl (C=O) groups is 5. The van der Waals surface area contributed by atoms with Crippen molar-refractivity contribution in [1.29, 1.82) is 0 Å². The van der Waals surface area contributed by atoms with Gasteiger partial charge in [-0.3, -0.25) is 34.3 Å². The van der Waals surface area contributed by atoms with Gasteiger partial charge >= 0.3 is 0 Å². The molecule has 5 heterocycles. The number of nitrogens with one attached hydrogen (secondary N) is 5. The SMILES string of the molecule is COc1cc(C(=O)NCc2cnccc2C#Cc2cccc3c2CN(C2CCC(=O)NC2=O)C3=O)ccc1NC(=O)[C@@H]1N[C@@H](CC(C)(C)C)[C@@]2(CNc3cc(Cl)ccc32)[C@H]1c1cccc(Cl)c1F. The minimum absolute atomic E-state index is 0.0445. The Morgan fingerprint density at radius 2 is 1.79 bits per heavy atom. The second kappa shape index (κ2) is 18.4. The molecule has 1 unspecified atom stereocenters. The van der Waals surface area contributed by atoms with Crippen LogP contribution >= 0.6 is 23.2 Å². The maximum absolute atomic E-state index is 16.3. The molecule has 0 aliphatic carbocycles. The Morgan fingerprint density at radius 1 is 1.00 bits per heavy atom. The number of imide groups is 1. The van der Waals surface area contributed by atoms with Crippen LogP contribution in [0.15, 0.2) is 91.3 Å². The molecule has 348 valence electrons. The van der Waals surface area contributed by atoms with Gasteiger partial charge in [-0.25, -0.2) is 4.39 Å². The predicted molar refractivity (Wildman–Crippen MR) is 256 cm³/mol. The van der Waals surface area contributed by atoms with E-state index in [1.165, 1.54) is 24.1 Å². The number of pyridine rings is 1. The molecule has 4 aliphatic rings. The third-order valence-electron chi connectivity index (χ3n) is 13.3. The molecule has 5 atom stereocenters. The highest BCUT2D eigenvalue weighted by Gasteiger charge is 2.61. The number of benzene rings is 4. The Bertz CT molecular complexity index is 2980. The van der Waals surface area contributed by atoms with Crippen LogP contribution in [-0.2, 0) is 32.9 Å². The molecule has 68 heavy (non-hydrogen) atoms. The monoisotopic (exact) mass is 955 g/mol. The molecule has 2 fully saturated rings. The van der Waals surface area contributed by atoms with Gasteiger partial charge in [-0.2, -0.15) is 0 Å². The summed E-state index contributed by atoms with van der Waals surface area (Å²) in [5, 5.41) is 16.0. The lowest BCUT2D eigenvalue weighted by molar-refractivity contribution is -0.137. The number of piperidine rings is 1. The number of hydrogen-bond donors (Lipinski definition) is 5. The van der Waals surface area contributed by atoms with E-state index in [9.17, 15) is 24.0 Å². The quantitative estimate of drug-likeness (QED) is 0.0742. The smallest absolute Gasteiger partial charge is 0.255 e. The van der Waals surface area contributed by atoms with Crippen molar-refractivity contribution in [3.63, 3.8) is 0 Å². The first kappa shape index (κ1) is 46.3. The van der Waals surface area contributed by atoms with E-state index in [1.54, 1.807) is 60.9 Å². The van der Waals surface area contributed by atoms with E-state index in [0.29, 0.717) is 57.1 Å². The van der Waals surface area contributed by atoms with Crippen LogP contribution in [0.1, 0.15) is 100 Å². The molecule has 5 amide bonds. The van der Waals surface area contributed by atoms with Crippen molar-refractivity contribution in [3.8, 4) is 17.6 Å². The molecule has 5 N–H and O–H groups in total. The molecule has 2 saturated heterocycles. The van der Waals surface area contributed by atoms with E-state index in [0.717, 1.165) is 11.3 Å². The van der Waals surface area contributed by atoms with Crippen molar-refractivity contribution in [1.82, 2.24) is 25.8 Å². The Kier molecular flexibility index (Phi) is 12.5. The van der Waals surface area contributed by atoms with E-state index in [1.807, 2.05) is 18.2 Å². The fraction of sp³-hybridized carbons (Fsp3) is 0.308. The number of aromatic nitrogens is 1. The Balaban J connectivity index is 0.932. The maximum atomic E-state index is 16.3. The second-order valence-electron chi connectivity index (χ2n) is 18.8. The number of nitrogens with zero attached hydrogens (tertiary/aromatic N) is 2. The summed E-state index contributed by atoms with van der Waals surface area (Å²) in [6, 6.07) is 20.2. The Morgan fingerprint density at radius 3 is 2.57 bits per heavy atom. The zero-order chi connectivity index (χ0) is 48.1. The highest BCUT2D eigenvalue weighted by atomic mass is 35.5. The van der Waals surface area contributed by atoms with Crippen molar-refractivity contribution in [2.24, 2.45) is 5.41 Å². The third-order valence-corrected chi connectivity index (χ3v) is 13.9. The maximum Gasteiger partial charge on any atom is 0.255 e. The van der Waals surface area contributed by atoms with Gasteiger partial charge in [-0.1, -0.05) is 80.1 Å². The van der Waals surface area contributed by atoms with Gasteiger partial charge in [0, 0.05) is 94.4 Å². The third kappa shape index (κ3) is 8.66. The van der Waals surface area contributed by atoms with E-state index >= 15 is 4.39 Å². The van der Waals surface area contributed by atoms with E-state index in [-0.39, 0.29) is 65.5 Å². The van der Waals surface area contributed by atoms with Gasteiger partial charge in [-0.05, 0) is 89.5 Å². The molecule has 16 heteroatoms. The van der Waals surface area contributed by atoms with Gasteiger partial charge in [0.2, 0.25) is 17.7 Å². The number of fused-ring (bicyclic) bond motifs is 3. The van der Waals surface area contributed by atoms with Gasteiger partial charge in [0.15, 0.2) is 0 Å². The van der Waals surface area contributed by atoms with Crippen molar-refractivity contribution in [2.45, 2.75) is 82.6 Å². The zero-order valence-electron chi connectivity index (χ0n) is 37.7. The van der Waals surface area contributed by atoms with Crippen LogP contribution < -0.4 is 31.3 Å². The van der Waals surface area contributed by atoms with E-state index in [2.05, 4.69) is 64.2 Å². The van der Waals surface area contributed by atoms with Crippen LogP contribution in [0.3, 0.4) is 0 Å². The number of halogens is 3. The minimum Gasteiger partial charge on any atom is -0.495 e. The first-order valence-corrected chi connectivity index (χ1v) is 23.0. The van der Waals surface area contributed by atoms with Gasteiger partial charge in [0.25, 0.3) is 11.8 Å². The van der Waals surface area contributed by atoms with Crippen molar-refractivity contribution in [2.75, 3.05) is 24.3 Å². The van der Waals surface area contributed by atoms with Crippen LogP contribution in [0, 0.1) is 23.1 Å². The summed E-state index contributed by atoms with van der Waals surface area (Å²) in [5.74, 6) is 3.29. The van der Waals surface area contributed by atoms with Crippen LogP contribution in [0.2, 0.25) is 10.0 Å². The number of carbonyl (C=O) groups excluding carboxylic acids is 5. The number of anilines is 2. The summed E-state index contributed by atoms with van der Waals surface area (Å²) in [4.78, 5) is 71.9. The topological polar surface area (TPSA) is 171 Å². The van der Waals surface area contributed by atoms with Gasteiger partial charge in [-0.15, -0.1) is 0 Å². The van der Waals surface area contributed by atoms with E-state index in [4.69, 9.17) is 27.9 Å². The molecule has 13 nitrogen and oxygen atoms in total. The molecule has 9 rings (SSSR count). The van der Waals surface area contributed by atoms with Crippen LogP contribution in [0.4, 0.5) is 15.8 Å². The molecular formula is C52H48Cl2FN7O6. The van der Waals surface area contributed by atoms with Crippen molar-refractivity contribution >= 4 is 64.1 Å². The Labute approximate surface area is 402 Å². The second-order valence-corrected chi connectivity index (χ2v) is 19.6. The molecule has 0 saturated carbocycles. The number of ether oxygens (including phenoxy) is 1. The molecule has 5 aromatic rings. The molecule has 1 spiro atoms. The first-order valence-electron chi connectivity index (χ1n) is 22.3. The highest BCUT2D eigenvalue weighted by molar-refractivity contribution is 6.31. The fourth-order valence-corrected chi connectivity index (χ4v) is 10.6. The number of rotatable bonds is 9. The highest BCUT2D eigenvalue weighted by Crippen LogP contribution is 2.56. The molecule has 4 aliphatic heterocycles. The van der Waals surface area contributed by atoms with E-state index < -0.39 is 47.0 Å². The summed E-state index contributed by atoms with van der Waals surface area (Å²) in [5.41, 5.74) is 4.67. The molecule has 1 aromatic heterocycles. The summed E-state index contributed by atoms with van der Waals surface area (Å²) < 4.78 is 22.0. The normalized spacial score (nSPS) is 21.6. The summed E-state index contributed by atoms with van der Waals surface area (Å²) >= 11 is 12.9. The van der Waals surface area contributed by atoms with Crippen LogP contribution in [-0.4, -0.2) is 71.2 Å². The first-order chi connectivity index (χ1) is 32.6. The summed E-state index contributed by atoms with van der Waals surface area (Å²) in [7, 11) is 1.44. The lowest BCUT2D eigenvalue weighted by Gasteiger charge is -2.39. The average molecular weight is 957 g/mol. The summed E-state index contributed by atoms with van der Waals surface area (Å²) in [6.07, 6.45) is 4.27. The lowest BCUT2D eigenvalue weighted by atomic mass is 9.63. The minimum atomic E-state index is -0.930. The standard InChI is InChI=1S/C52H48Cl2FN7O6/c1-51(2,3)23-42-52(27-58-39-22-32(53)14-15-36(39)52)44(34-9-6-10-37(54)45(34)55)46(60-42)49(66)59-38-16-13-30(21-41(38)68-4)47(64)57-25-31-24-56-20-19-28(31)11-12-29-7-5-8-33-35(29)26-62(50(33)67)40-17-18-43(63)61-48(40)65/h5-10,13-16,19-22,24,40,42,44,46,58,60H,17-18,23,25-27H2,1-4H3,(H,57,64)(H,59,66)(H,61,63,65)/t40?,42-,44-,46+,52-/m0/s1. The lowest BCUT2D eigenvalue weighted by Crippen LogP contribution is -2.52. The van der Waals surface area contributed by atoms with Gasteiger partial charge in [0.05, 0.1) is 23.9 Å². The zero-order valence-corrected chi connectivity index (χ0v) is 39.2.